The zero-order valence-corrected chi connectivity index (χ0v) is 11.7. The maximum atomic E-state index is 9.12. The van der Waals surface area contributed by atoms with E-state index >= 15 is 0 Å². The van der Waals surface area contributed by atoms with Crippen molar-refractivity contribution in [3.05, 3.63) is 33.6 Å². The van der Waals surface area contributed by atoms with Crippen molar-refractivity contribution in [1.82, 2.24) is 4.98 Å². The molecule has 1 N–H and O–H groups in total. The van der Waals surface area contributed by atoms with Gasteiger partial charge < -0.3 is 9.84 Å². The number of aryl methyl sites for hydroxylation is 2. The zero-order chi connectivity index (χ0) is 13.1. The van der Waals surface area contributed by atoms with Gasteiger partial charge in [0, 0.05) is 10.4 Å². The molecule has 1 heterocycles. The number of benzene rings is 1. The van der Waals surface area contributed by atoms with E-state index in [1.54, 1.807) is 0 Å². The highest BCUT2D eigenvalue weighted by Crippen LogP contribution is 2.30. The van der Waals surface area contributed by atoms with Gasteiger partial charge in [-0.1, -0.05) is 0 Å². The van der Waals surface area contributed by atoms with Gasteiger partial charge in [-0.3, -0.25) is 0 Å². The highest BCUT2D eigenvalue weighted by Gasteiger charge is 2.10. The Kier molecular flexibility index (Phi) is 3.99. The second-order valence-electron chi connectivity index (χ2n) is 4.08. The molecular weight excluding hydrogens is 246 g/mol. The van der Waals surface area contributed by atoms with Crippen LogP contribution in [0.4, 0.5) is 0 Å². The predicted octanol–water partition coefficient (Wildman–Crippen LogP) is 3.32. The zero-order valence-electron chi connectivity index (χ0n) is 10.9. The molecule has 0 aliphatic rings. The van der Waals surface area contributed by atoms with E-state index < -0.39 is 0 Å². The molecule has 2 aromatic rings. The number of aliphatic hydroxyl groups is 1. The highest BCUT2D eigenvalue weighted by atomic mass is 32.1. The number of hydrogen-bond donors (Lipinski definition) is 1. The van der Waals surface area contributed by atoms with Crippen LogP contribution in [0.25, 0.3) is 11.3 Å². The van der Waals surface area contributed by atoms with Crippen LogP contribution in [-0.2, 0) is 6.61 Å². The van der Waals surface area contributed by atoms with Crippen molar-refractivity contribution in [2.75, 3.05) is 6.61 Å². The van der Waals surface area contributed by atoms with E-state index in [-0.39, 0.29) is 6.61 Å². The Morgan fingerprint density at radius 3 is 2.67 bits per heavy atom. The lowest BCUT2D eigenvalue weighted by molar-refractivity contribution is 0.281. The first-order valence-corrected chi connectivity index (χ1v) is 6.78. The number of thiazole rings is 1. The molecule has 18 heavy (non-hydrogen) atoms. The lowest BCUT2D eigenvalue weighted by atomic mass is 10.1. The third kappa shape index (κ3) is 2.54. The maximum Gasteiger partial charge on any atom is 0.122 e. The van der Waals surface area contributed by atoms with Crippen LogP contribution in [0.1, 0.15) is 22.4 Å². The summed E-state index contributed by atoms with van der Waals surface area (Å²) in [6, 6.07) is 6.07. The SMILES string of the molecule is CCOc1ccc(-c2nc(CO)sc2C)cc1C. The molecule has 0 aliphatic heterocycles. The fourth-order valence-corrected chi connectivity index (χ4v) is 2.72. The van der Waals surface area contributed by atoms with Crippen molar-refractivity contribution in [3.63, 3.8) is 0 Å². The largest absolute Gasteiger partial charge is 0.494 e. The monoisotopic (exact) mass is 263 g/mol. The molecule has 4 heteroatoms. The van der Waals surface area contributed by atoms with Crippen LogP contribution < -0.4 is 4.74 Å². The Hall–Kier alpha value is -1.39. The summed E-state index contributed by atoms with van der Waals surface area (Å²) in [6.45, 7) is 6.71. The minimum Gasteiger partial charge on any atom is -0.494 e. The normalized spacial score (nSPS) is 10.7. The summed E-state index contributed by atoms with van der Waals surface area (Å²) in [5, 5.41) is 9.88. The van der Waals surface area contributed by atoms with Crippen LogP contribution in [-0.4, -0.2) is 16.7 Å². The summed E-state index contributed by atoms with van der Waals surface area (Å²) < 4.78 is 5.53. The average molecular weight is 263 g/mol. The van der Waals surface area contributed by atoms with Crippen molar-refractivity contribution in [3.8, 4) is 17.0 Å². The van der Waals surface area contributed by atoms with E-state index in [1.165, 1.54) is 11.3 Å². The quantitative estimate of drug-likeness (QED) is 0.920. The van der Waals surface area contributed by atoms with Crippen molar-refractivity contribution in [2.24, 2.45) is 0 Å². The fourth-order valence-electron chi connectivity index (χ4n) is 1.90. The second-order valence-corrected chi connectivity index (χ2v) is 5.37. The van der Waals surface area contributed by atoms with Crippen LogP contribution >= 0.6 is 11.3 Å². The highest BCUT2D eigenvalue weighted by molar-refractivity contribution is 7.12. The molecule has 0 aliphatic carbocycles. The number of aliphatic hydroxyl groups excluding tert-OH is 1. The molecule has 0 spiro atoms. The van der Waals surface area contributed by atoms with Crippen LogP contribution in [0, 0.1) is 13.8 Å². The maximum absolute atomic E-state index is 9.12. The van der Waals surface area contributed by atoms with Crippen molar-refractivity contribution in [2.45, 2.75) is 27.4 Å². The third-order valence-corrected chi connectivity index (χ3v) is 3.68. The Balaban J connectivity index is 2.38. The van der Waals surface area contributed by atoms with Crippen LogP contribution in [0.3, 0.4) is 0 Å². The Morgan fingerprint density at radius 1 is 1.33 bits per heavy atom. The van der Waals surface area contributed by atoms with Crippen molar-refractivity contribution in [1.29, 1.82) is 0 Å². The van der Waals surface area contributed by atoms with E-state index in [1.807, 2.05) is 32.9 Å². The molecule has 0 atom stereocenters. The van der Waals surface area contributed by atoms with E-state index in [9.17, 15) is 0 Å². The van der Waals surface area contributed by atoms with Gasteiger partial charge in [-0.2, -0.15) is 0 Å². The summed E-state index contributed by atoms with van der Waals surface area (Å²) in [6.07, 6.45) is 0. The van der Waals surface area contributed by atoms with E-state index in [0.717, 1.165) is 32.5 Å². The molecule has 3 nitrogen and oxygen atoms in total. The van der Waals surface area contributed by atoms with Crippen LogP contribution in [0.5, 0.6) is 5.75 Å². The molecule has 0 amide bonds. The van der Waals surface area contributed by atoms with Gasteiger partial charge in [-0.15, -0.1) is 11.3 Å². The van der Waals surface area contributed by atoms with E-state index in [2.05, 4.69) is 11.1 Å². The molecule has 0 saturated heterocycles. The molecule has 0 unspecified atom stereocenters. The molecule has 0 fully saturated rings. The van der Waals surface area contributed by atoms with Crippen molar-refractivity contribution < 1.29 is 9.84 Å². The van der Waals surface area contributed by atoms with Gasteiger partial charge >= 0.3 is 0 Å². The number of hydrogen-bond acceptors (Lipinski definition) is 4. The Labute approximate surface area is 111 Å². The summed E-state index contributed by atoms with van der Waals surface area (Å²) in [5.41, 5.74) is 3.13. The third-order valence-electron chi connectivity index (χ3n) is 2.72. The fraction of sp³-hybridized carbons (Fsp3) is 0.357. The number of rotatable bonds is 4. The lowest BCUT2D eigenvalue weighted by Crippen LogP contribution is -1.94. The van der Waals surface area contributed by atoms with Crippen LogP contribution in [0.2, 0.25) is 0 Å². The molecule has 0 radical (unpaired) electrons. The van der Waals surface area contributed by atoms with Gasteiger partial charge in [0.05, 0.1) is 18.9 Å². The molecule has 0 bridgehead atoms. The van der Waals surface area contributed by atoms with Gasteiger partial charge in [0.25, 0.3) is 0 Å². The van der Waals surface area contributed by atoms with E-state index in [0.29, 0.717) is 6.61 Å². The predicted molar refractivity (Wildman–Crippen MR) is 74.1 cm³/mol. The minimum atomic E-state index is 0.00151. The molecule has 1 aromatic carbocycles. The number of ether oxygens (including phenoxy) is 1. The van der Waals surface area contributed by atoms with Crippen LogP contribution in [0.15, 0.2) is 18.2 Å². The topological polar surface area (TPSA) is 42.4 Å². The number of nitrogens with zero attached hydrogens (tertiary/aromatic N) is 1. The molecular formula is C14H17NO2S. The second kappa shape index (κ2) is 5.50. The van der Waals surface area contributed by atoms with Gasteiger partial charge in [0.15, 0.2) is 0 Å². The molecule has 96 valence electrons. The summed E-state index contributed by atoms with van der Waals surface area (Å²) in [7, 11) is 0. The van der Waals surface area contributed by atoms with Gasteiger partial charge in [0.2, 0.25) is 0 Å². The summed E-state index contributed by atoms with van der Waals surface area (Å²) in [4.78, 5) is 5.57. The first-order valence-electron chi connectivity index (χ1n) is 5.96. The average Bonchev–Trinajstić information content (AvgIpc) is 2.73. The van der Waals surface area contributed by atoms with Gasteiger partial charge in [-0.25, -0.2) is 4.98 Å². The first kappa shape index (κ1) is 13.1. The van der Waals surface area contributed by atoms with Gasteiger partial charge in [0.1, 0.15) is 10.8 Å². The molecule has 0 saturated carbocycles. The number of aromatic nitrogens is 1. The lowest BCUT2D eigenvalue weighted by Gasteiger charge is -2.08. The Bertz CT molecular complexity index is 549. The molecule has 1 aromatic heterocycles. The summed E-state index contributed by atoms with van der Waals surface area (Å²) in [5.74, 6) is 0.913. The first-order chi connectivity index (χ1) is 8.65. The standard InChI is InChI=1S/C14H17NO2S/c1-4-17-12-6-5-11(7-9(12)2)14-10(3)18-13(8-16)15-14/h5-7,16H,4,8H2,1-3H3. The smallest absolute Gasteiger partial charge is 0.122 e. The van der Waals surface area contributed by atoms with Crippen molar-refractivity contribution >= 4 is 11.3 Å². The Morgan fingerprint density at radius 2 is 2.11 bits per heavy atom. The molecule has 2 rings (SSSR count). The summed E-state index contributed by atoms with van der Waals surface area (Å²) >= 11 is 1.54. The van der Waals surface area contributed by atoms with E-state index in [4.69, 9.17) is 9.84 Å². The van der Waals surface area contributed by atoms with Gasteiger partial charge in [-0.05, 0) is 44.5 Å². The minimum absolute atomic E-state index is 0.00151.